The number of nitrogens with zero attached hydrogens (tertiary/aromatic N) is 2. The average Bonchev–Trinajstić information content (AvgIpc) is 2.73. The van der Waals surface area contributed by atoms with Gasteiger partial charge in [-0.25, -0.2) is 4.99 Å². The molecule has 2 aromatic rings. The van der Waals surface area contributed by atoms with Gasteiger partial charge < -0.3 is 25.3 Å². The molecule has 0 aromatic heterocycles. The van der Waals surface area contributed by atoms with E-state index >= 15 is 0 Å². The topological polar surface area (TPSA) is 81.3 Å². The number of rotatable bonds is 7. The third-order valence-corrected chi connectivity index (χ3v) is 4.59. The van der Waals surface area contributed by atoms with Crippen LogP contribution in [0.5, 0.6) is 11.5 Å². The molecule has 0 bridgehead atoms. The maximum atomic E-state index is 6.05. The number of hydrogen-bond acceptors (Lipinski definition) is 5. The number of hydrogen-bond donors (Lipinski definition) is 2. The second-order valence-corrected chi connectivity index (χ2v) is 6.60. The van der Waals surface area contributed by atoms with Crippen LogP contribution in [0.15, 0.2) is 47.5 Å². The van der Waals surface area contributed by atoms with Crippen molar-refractivity contribution < 1.29 is 14.2 Å². The molecule has 1 aliphatic rings. The highest BCUT2D eigenvalue weighted by Gasteiger charge is 2.10. The predicted molar refractivity (Wildman–Crippen MR) is 111 cm³/mol. The molecule has 7 heteroatoms. The maximum Gasteiger partial charge on any atom is 0.193 e. The maximum absolute atomic E-state index is 6.05. The number of ether oxygens (including phenoxy) is 3. The number of benzene rings is 2. The van der Waals surface area contributed by atoms with Crippen molar-refractivity contribution in [2.45, 2.75) is 13.1 Å². The van der Waals surface area contributed by atoms with Gasteiger partial charge >= 0.3 is 0 Å². The van der Waals surface area contributed by atoms with Gasteiger partial charge in [0.15, 0.2) is 17.5 Å². The molecule has 7 nitrogen and oxygen atoms in total. The van der Waals surface area contributed by atoms with Crippen molar-refractivity contribution in [3.8, 4) is 11.5 Å². The second kappa shape index (κ2) is 9.96. The van der Waals surface area contributed by atoms with Crippen molar-refractivity contribution in [2.75, 3.05) is 45.8 Å². The summed E-state index contributed by atoms with van der Waals surface area (Å²) in [7, 11) is 3.21. The molecule has 1 saturated heterocycles. The number of anilines is 1. The van der Waals surface area contributed by atoms with Crippen LogP contribution in [0, 0.1) is 0 Å². The minimum atomic E-state index is 0.353. The molecule has 0 amide bonds. The van der Waals surface area contributed by atoms with Crippen molar-refractivity contribution >= 4 is 11.6 Å². The van der Waals surface area contributed by atoms with Crippen LogP contribution in [-0.4, -0.2) is 51.4 Å². The van der Waals surface area contributed by atoms with Crippen LogP contribution in [0.1, 0.15) is 11.1 Å². The smallest absolute Gasteiger partial charge is 0.193 e. The lowest BCUT2D eigenvalue weighted by Crippen LogP contribution is -2.35. The SMILES string of the molecule is COc1ccc(NC(N)=NCc2cccc(CN3CCOCC3)c2)cc1OC. The molecular weight excluding hydrogens is 356 g/mol. The first kappa shape index (κ1) is 20.0. The molecule has 0 radical (unpaired) electrons. The first-order valence-corrected chi connectivity index (χ1v) is 9.35. The molecule has 1 heterocycles. The molecule has 0 atom stereocenters. The third kappa shape index (κ3) is 5.61. The number of methoxy groups -OCH3 is 2. The summed E-state index contributed by atoms with van der Waals surface area (Å²) in [4.78, 5) is 6.85. The summed E-state index contributed by atoms with van der Waals surface area (Å²) >= 11 is 0. The Balaban J connectivity index is 1.59. The molecule has 2 aromatic carbocycles. The predicted octanol–water partition coefficient (Wildman–Crippen LogP) is 2.46. The number of morpholine rings is 1. The molecule has 3 N–H and O–H groups in total. The summed E-state index contributed by atoms with van der Waals surface area (Å²) in [6.07, 6.45) is 0. The van der Waals surface area contributed by atoms with Crippen molar-refractivity contribution in [3.05, 3.63) is 53.6 Å². The van der Waals surface area contributed by atoms with E-state index in [9.17, 15) is 0 Å². The summed E-state index contributed by atoms with van der Waals surface area (Å²) in [6.45, 7) is 5.02. The first-order chi connectivity index (χ1) is 13.7. The number of nitrogens with one attached hydrogen (secondary N) is 1. The number of nitrogens with two attached hydrogens (primary N) is 1. The van der Waals surface area contributed by atoms with Gasteiger partial charge in [-0.05, 0) is 23.3 Å². The van der Waals surface area contributed by atoms with Gasteiger partial charge in [0.05, 0.1) is 34.0 Å². The lowest BCUT2D eigenvalue weighted by atomic mass is 10.1. The van der Waals surface area contributed by atoms with Crippen molar-refractivity contribution in [3.63, 3.8) is 0 Å². The molecule has 0 saturated carbocycles. The molecular formula is C21H28N4O3. The summed E-state index contributed by atoms with van der Waals surface area (Å²) in [5, 5.41) is 3.09. The van der Waals surface area contributed by atoms with E-state index < -0.39 is 0 Å². The Morgan fingerprint density at radius 2 is 1.82 bits per heavy atom. The first-order valence-electron chi connectivity index (χ1n) is 9.35. The molecule has 1 fully saturated rings. The molecule has 150 valence electrons. The monoisotopic (exact) mass is 384 g/mol. The summed E-state index contributed by atoms with van der Waals surface area (Å²) in [6, 6.07) is 14.0. The van der Waals surface area contributed by atoms with Gasteiger partial charge in [0.2, 0.25) is 0 Å². The summed E-state index contributed by atoms with van der Waals surface area (Å²) in [5.74, 6) is 1.66. The lowest BCUT2D eigenvalue weighted by Gasteiger charge is -2.26. The van der Waals surface area contributed by atoms with Crippen LogP contribution in [0.25, 0.3) is 0 Å². The van der Waals surface area contributed by atoms with Crippen molar-refractivity contribution in [2.24, 2.45) is 10.7 Å². The van der Waals surface area contributed by atoms with Gasteiger partial charge in [0.1, 0.15) is 0 Å². The Bertz CT molecular complexity index is 804. The van der Waals surface area contributed by atoms with Crippen LogP contribution in [0.3, 0.4) is 0 Å². The molecule has 28 heavy (non-hydrogen) atoms. The second-order valence-electron chi connectivity index (χ2n) is 6.60. The largest absolute Gasteiger partial charge is 0.493 e. The normalized spacial score (nSPS) is 15.3. The fraction of sp³-hybridized carbons (Fsp3) is 0.381. The fourth-order valence-electron chi connectivity index (χ4n) is 3.12. The fourth-order valence-corrected chi connectivity index (χ4v) is 3.12. The zero-order valence-electron chi connectivity index (χ0n) is 16.5. The molecule has 3 rings (SSSR count). The zero-order chi connectivity index (χ0) is 19.8. The Hall–Kier alpha value is -2.77. The number of aliphatic imine (C=N–C) groups is 1. The van der Waals surface area contributed by atoms with E-state index in [1.165, 1.54) is 5.56 Å². The molecule has 0 spiro atoms. The minimum absolute atomic E-state index is 0.353. The van der Waals surface area contributed by atoms with Crippen LogP contribution in [-0.2, 0) is 17.8 Å². The summed E-state index contributed by atoms with van der Waals surface area (Å²) in [5.41, 5.74) is 9.25. The number of guanidine groups is 1. The van der Waals surface area contributed by atoms with E-state index in [0.29, 0.717) is 24.0 Å². The van der Waals surface area contributed by atoms with Crippen LogP contribution in [0.2, 0.25) is 0 Å². The lowest BCUT2D eigenvalue weighted by molar-refractivity contribution is 0.0342. The van der Waals surface area contributed by atoms with Crippen molar-refractivity contribution in [1.82, 2.24) is 4.90 Å². The Morgan fingerprint density at radius 1 is 1.07 bits per heavy atom. The van der Waals surface area contributed by atoms with Crippen LogP contribution >= 0.6 is 0 Å². The highest BCUT2D eigenvalue weighted by Crippen LogP contribution is 2.29. The van der Waals surface area contributed by atoms with Crippen molar-refractivity contribution in [1.29, 1.82) is 0 Å². The third-order valence-electron chi connectivity index (χ3n) is 4.59. The van der Waals surface area contributed by atoms with Gasteiger partial charge in [0.25, 0.3) is 0 Å². The van der Waals surface area contributed by atoms with E-state index in [-0.39, 0.29) is 0 Å². The van der Waals surface area contributed by atoms with Crippen LogP contribution in [0.4, 0.5) is 5.69 Å². The van der Waals surface area contributed by atoms with Crippen LogP contribution < -0.4 is 20.5 Å². The van der Waals surface area contributed by atoms with E-state index in [1.807, 2.05) is 18.2 Å². The van der Waals surface area contributed by atoms with Gasteiger partial charge in [-0.15, -0.1) is 0 Å². The standard InChI is InChI=1S/C21H28N4O3/c1-26-19-7-6-18(13-20(19)27-2)24-21(22)23-14-16-4-3-5-17(12-16)15-25-8-10-28-11-9-25/h3-7,12-13H,8-11,14-15H2,1-2H3,(H3,22,23,24). The summed E-state index contributed by atoms with van der Waals surface area (Å²) < 4.78 is 16.0. The van der Waals surface area contributed by atoms with E-state index in [1.54, 1.807) is 14.2 Å². The molecule has 0 aliphatic carbocycles. The average molecular weight is 384 g/mol. The highest BCUT2D eigenvalue weighted by atomic mass is 16.5. The Labute approximate surface area is 166 Å². The van der Waals surface area contributed by atoms with Gasteiger partial charge in [-0.1, -0.05) is 24.3 Å². The van der Waals surface area contributed by atoms with E-state index in [4.69, 9.17) is 19.9 Å². The molecule has 0 unspecified atom stereocenters. The quantitative estimate of drug-likeness (QED) is 0.564. The van der Waals surface area contributed by atoms with E-state index in [0.717, 1.165) is 44.1 Å². The highest BCUT2D eigenvalue weighted by molar-refractivity contribution is 5.92. The van der Waals surface area contributed by atoms with Gasteiger partial charge in [-0.3, -0.25) is 4.90 Å². The Kier molecular flexibility index (Phi) is 7.11. The zero-order valence-corrected chi connectivity index (χ0v) is 16.5. The van der Waals surface area contributed by atoms with Gasteiger partial charge in [0, 0.05) is 31.4 Å². The van der Waals surface area contributed by atoms with Gasteiger partial charge in [-0.2, -0.15) is 0 Å². The Morgan fingerprint density at radius 3 is 2.57 bits per heavy atom. The molecule has 1 aliphatic heterocycles. The van der Waals surface area contributed by atoms with E-state index in [2.05, 4.69) is 39.5 Å². The minimum Gasteiger partial charge on any atom is -0.493 e.